The molecule has 7 rings (SSSR count). The summed E-state index contributed by atoms with van der Waals surface area (Å²) in [7, 11) is 0. The molecule has 1 aromatic heterocycles. The average Bonchev–Trinajstić information content (AvgIpc) is 3.22. The predicted molar refractivity (Wildman–Crippen MR) is 120 cm³/mol. The molecule has 172 valence electrons. The van der Waals surface area contributed by atoms with Crippen LogP contribution in [0.4, 0.5) is 0 Å². The Morgan fingerprint density at radius 2 is 1.81 bits per heavy atom. The highest BCUT2D eigenvalue weighted by Crippen LogP contribution is 2.61. The fourth-order valence-electron chi connectivity index (χ4n) is 7.08. The fourth-order valence-corrected chi connectivity index (χ4v) is 7.08. The van der Waals surface area contributed by atoms with Crippen LogP contribution < -0.4 is 0 Å². The van der Waals surface area contributed by atoms with E-state index >= 15 is 0 Å². The molecule has 0 amide bonds. The lowest BCUT2D eigenvalue weighted by Gasteiger charge is -2.63. The van der Waals surface area contributed by atoms with Crippen LogP contribution in [-0.4, -0.2) is 22.2 Å². The lowest BCUT2D eigenvalue weighted by Crippen LogP contribution is -2.71. The molecule has 5 fully saturated rings. The Bertz CT molecular complexity index is 960. The van der Waals surface area contributed by atoms with Gasteiger partial charge in [-0.25, -0.2) is 9.78 Å². The second-order valence-electron chi connectivity index (χ2n) is 10.7. The minimum atomic E-state index is -0.733. The molecular formula is C27H35NO4. The van der Waals surface area contributed by atoms with Crippen LogP contribution in [0.1, 0.15) is 70.2 Å². The maximum absolute atomic E-state index is 6.89. The van der Waals surface area contributed by atoms with E-state index < -0.39 is 17.7 Å². The number of hydrogen-bond donors (Lipinski definition) is 0. The summed E-state index contributed by atoms with van der Waals surface area (Å²) < 4.78 is 15.8. The maximum Gasteiger partial charge on any atom is 0.201 e. The van der Waals surface area contributed by atoms with Crippen molar-refractivity contribution in [3.05, 3.63) is 59.9 Å². The van der Waals surface area contributed by atoms with Crippen molar-refractivity contribution in [1.82, 2.24) is 4.57 Å². The third-order valence-electron chi connectivity index (χ3n) is 8.75. The molecular weight excluding hydrogens is 402 g/mol. The van der Waals surface area contributed by atoms with E-state index in [4.69, 9.17) is 19.2 Å². The zero-order chi connectivity index (χ0) is 21.9. The molecule has 0 radical (unpaired) electrons. The molecule has 2 bridgehead atoms. The van der Waals surface area contributed by atoms with Crippen LogP contribution in [0, 0.1) is 23.7 Å². The van der Waals surface area contributed by atoms with Crippen molar-refractivity contribution < 1.29 is 19.2 Å². The van der Waals surface area contributed by atoms with Crippen LogP contribution in [0.5, 0.6) is 0 Å². The van der Waals surface area contributed by atoms with Crippen molar-refractivity contribution in [2.75, 3.05) is 0 Å². The summed E-state index contributed by atoms with van der Waals surface area (Å²) in [5.41, 5.74) is 2.01. The maximum atomic E-state index is 6.89. The van der Waals surface area contributed by atoms with Crippen LogP contribution >= 0.6 is 0 Å². The first-order valence-corrected chi connectivity index (χ1v) is 12.4. The van der Waals surface area contributed by atoms with Crippen LogP contribution in [-0.2, 0) is 25.8 Å². The third kappa shape index (κ3) is 3.12. The summed E-state index contributed by atoms with van der Waals surface area (Å²) in [6.45, 7) is 7.54. The van der Waals surface area contributed by atoms with Gasteiger partial charge >= 0.3 is 0 Å². The lowest BCUT2D eigenvalue weighted by molar-refractivity contribution is -0.586. The summed E-state index contributed by atoms with van der Waals surface area (Å²) in [4.78, 5) is 12.4. The van der Waals surface area contributed by atoms with E-state index in [2.05, 4.69) is 67.1 Å². The monoisotopic (exact) mass is 437 g/mol. The zero-order valence-electron chi connectivity index (χ0n) is 19.4. The molecule has 5 nitrogen and oxygen atoms in total. The summed E-state index contributed by atoms with van der Waals surface area (Å²) >= 11 is 0. The minimum absolute atomic E-state index is 0.0312. The van der Waals surface area contributed by atoms with Crippen LogP contribution in [0.25, 0.3) is 0 Å². The standard InChI is InChI=1S/C27H35NO4/c1-18-13-14-22-19(2)24(23-12-8-16-28(23)17-20-9-5-4-6-10-20)29-25-27(22)21(18)11-7-15-26(3,30-25)31-32-27/h4-6,8-10,12,16,18-19,21-22,24-25H,7,11,13-15,17H2,1-3H3/t18-,19-,21+,22+,24-,25-,26+,27-/m1/s1. The van der Waals surface area contributed by atoms with Gasteiger partial charge in [-0.05, 0) is 68.1 Å². The number of nitrogens with zero attached hydrogens (tertiary/aromatic N) is 1. The summed E-state index contributed by atoms with van der Waals surface area (Å²) in [6, 6.07) is 15.0. The van der Waals surface area contributed by atoms with Crippen LogP contribution in [0.2, 0.25) is 0 Å². The first kappa shape index (κ1) is 20.9. The number of ether oxygens (including phenoxy) is 2. The number of rotatable bonds is 3. The molecule has 4 saturated heterocycles. The first-order valence-electron chi connectivity index (χ1n) is 12.4. The number of aromatic nitrogens is 1. The molecule has 0 unspecified atom stereocenters. The SMILES string of the molecule is C[C@H]1[C@H](c2cccn2Cc2ccccc2)O[C@@H]2O[C@]3(C)CCC[C@H]4[C@H](C)CC[C@@H]1[C@@]24OO3. The third-order valence-corrected chi connectivity index (χ3v) is 8.75. The molecule has 5 aliphatic rings. The van der Waals surface area contributed by atoms with Crippen molar-refractivity contribution in [2.24, 2.45) is 23.7 Å². The molecule has 2 aromatic rings. The fraction of sp³-hybridized carbons (Fsp3) is 0.630. The Kier molecular flexibility index (Phi) is 5.03. The lowest BCUT2D eigenvalue weighted by atomic mass is 9.56. The Labute approximate surface area is 190 Å². The highest BCUT2D eigenvalue weighted by atomic mass is 17.3. The average molecular weight is 438 g/mol. The Morgan fingerprint density at radius 1 is 0.969 bits per heavy atom. The molecule has 5 heteroatoms. The van der Waals surface area contributed by atoms with Gasteiger partial charge in [0.2, 0.25) is 5.79 Å². The number of fused-ring (bicyclic) bond motifs is 3. The molecule has 1 spiro atoms. The second kappa shape index (κ2) is 7.69. The highest BCUT2D eigenvalue weighted by Gasteiger charge is 2.68. The molecule has 0 N–H and O–H groups in total. The van der Waals surface area contributed by atoms with Crippen molar-refractivity contribution in [1.29, 1.82) is 0 Å². The number of hydrogen-bond acceptors (Lipinski definition) is 4. The number of benzene rings is 1. The van der Waals surface area contributed by atoms with E-state index in [1.54, 1.807) is 0 Å². The normalized spacial score (nSPS) is 43.3. The highest BCUT2D eigenvalue weighted by molar-refractivity contribution is 5.21. The van der Waals surface area contributed by atoms with Gasteiger partial charge in [0.25, 0.3) is 0 Å². The summed E-state index contributed by atoms with van der Waals surface area (Å²) in [5, 5.41) is 0. The van der Waals surface area contributed by atoms with Crippen LogP contribution in [0.3, 0.4) is 0 Å². The molecule has 1 saturated carbocycles. The first-order chi connectivity index (χ1) is 15.5. The van der Waals surface area contributed by atoms with Crippen molar-refractivity contribution >= 4 is 0 Å². The Hall–Kier alpha value is -1.66. The summed E-state index contributed by atoms with van der Waals surface area (Å²) in [6.07, 6.45) is 7.18. The van der Waals surface area contributed by atoms with Crippen molar-refractivity contribution in [2.45, 2.75) is 83.2 Å². The van der Waals surface area contributed by atoms with Gasteiger partial charge in [-0.2, -0.15) is 0 Å². The predicted octanol–water partition coefficient (Wildman–Crippen LogP) is 5.85. The van der Waals surface area contributed by atoms with Crippen LogP contribution in [0.15, 0.2) is 48.7 Å². The van der Waals surface area contributed by atoms with Gasteiger partial charge in [-0.1, -0.05) is 44.2 Å². The molecule has 32 heavy (non-hydrogen) atoms. The molecule has 5 heterocycles. The topological polar surface area (TPSA) is 41.9 Å². The zero-order valence-corrected chi connectivity index (χ0v) is 19.4. The van der Waals surface area contributed by atoms with Crippen molar-refractivity contribution in [3.8, 4) is 0 Å². The molecule has 8 atom stereocenters. The van der Waals surface area contributed by atoms with Gasteiger partial charge in [0.15, 0.2) is 11.9 Å². The largest absolute Gasteiger partial charge is 0.345 e. The molecule has 1 aromatic carbocycles. The second-order valence-corrected chi connectivity index (χ2v) is 10.7. The van der Waals surface area contributed by atoms with Gasteiger partial charge in [0, 0.05) is 30.8 Å². The Morgan fingerprint density at radius 3 is 2.66 bits per heavy atom. The minimum Gasteiger partial charge on any atom is -0.345 e. The quantitative estimate of drug-likeness (QED) is 0.565. The van der Waals surface area contributed by atoms with Gasteiger partial charge in [-0.15, -0.1) is 0 Å². The van der Waals surface area contributed by atoms with Gasteiger partial charge in [-0.3, -0.25) is 0 Å². The van der Waals surface area contributed by atoms with E-state index in [0.717, 1.165) is 32.2 Å². The van der Waals surface area contributed by atoms with E-state index in [-0.39, 0.29) is 6.10 Å². The van der Waals surface area contributed by atoms with E-state index in [1.165, 1.54) is 17.7 Å². The molecule has 1 aliphatic carbocycles. The summed E-state index contributed by atoms with van der Waals surface area (Å²) in [5.74, 6) is 0.897. The van der Waals surface area contributed by atoms with E-state index in [0.29, 0.717) is 23.7 Å². The van der Waals surface area contributed by atoms with E-state index in [1.807, 2.05) is 6.92 Å². The smallest absolute Gasteiger partial charge is 0.201 e. The van der Waals surface area contributed by atoms with Gasteiger partial charge in [0.1, 0.15) is 6.10 Å². The molecule has 4 aliphatic heterocycles. The Balaban J connectivity index is 1.37. The van der Waals surface area contributed by atoms with Gasteiger partial charge in [0.05, 0.1) is 0 Å². The van der Waals surface area contributed by atoms with Crippen molar-refractivity contribution in [3.63, 3.8) is 0 Å². The van der Waals surface area contributed by atoms with Gasteiger partial charge < -0.3 is 14.0 Å². The van der Waals surface area contributed by atoms with E-state index in [9.17, 15) is 0 Å².